The van der Waals surface area contributed by atoms with Gasteiger partial charge < -0.3 is 9.73 Å². The molecule has 0 aliphatic heterocycles. The van der Waals surface area contributed by atoms with Crippen molar-refractivity contribution in [3.05, 3.63) is 76.3 Å². The van der Waals surface area contributed by atoms with Gasteiger partial charge in [0.1, 0.15) is 5.52 Å². The predicted octanol–water partition coefficient (Wildman–Crippen LogP) is 7.09. The van der Waals surface area contributed by atoms with E-state index in [2.05, 4.69) is 17.2 Å². The summed E-state index contributed by atoms with van der Waals surface area (Å²) in [5.74, 6) is 0.589. The second-order valence-electron chi connectivity index (χ2n) is 6.66. The van der Waals surface area contributed by atoms with Gasteiger partial charge in [0, 0.05) is 15.6 Å². The van der Waals surface area contributed by atoms with Gasteiger partial charge in [-0.05, 0) is 66.6 Å². The van der Waals surface area contributed by atoms with E-state index in [0.717, 1.165) is 16.8 Å². The Morgan fingerprint density at radius 1 is 1.07 bits per heavy atom. The van der Waals surface area contributed by atoms with Crippen LogP contribution in [-0.2, 0) is 11.2 Å². The zero-order valence-corrected chi connectivity index (χ0v) is 18.4. The van der Waals surface area contributed by atoms with Gasteiger partial charge in [0.2, 0.25) is 11.8 Å². The molecular formula is C23H18Cl2N2O2S. The molecule has 4 rings (SSSR count). The number of oxazole rings is 1. The highest BCUT2D eigenvalue weighted by Gasteiger charge is 2.14. The number of rotatable bonds is 6. The van der Waals surface area contributed by atoms with Gasteiger partial charge in [0.25, 0.3) is 0 Å². The summed E-state index contributed by atoms with van der Waals surface area (Å²) in [4.78, 5) is 17.9. The van der Waals surface area contributed by atoms with Gasteiger partial charge >= 0.3 is 0 Å². The number of halogens is 2. The lowest BCUT2D eigenvalue weighted by atomic mass is 10.1. The molecule has 1 amide bonds. The summed E-state index contributed by atoms with van der Waals surface area (Å²) in [5.41, 5.74) is 3.94. The van der Waals surface area contributed by atoms with Crippen molar-refractivity contribution in [2.24, 2.45) is 0 Å². The number of hydrogen-bond donors (Lipinski definition) is 1. The zero-order chi connectivity index (χ0) is 21.1. The van der Waals surface area contributed by atoms with Crippen LogP contribution in [0.3, 0.4) is 0 Å². The van der Waals surface area contributed by atoms with Gasteiger partial charge in [0.05, 0.1) is 16.3 Å². The number of nitrogens with zero attached hydrogens (tertiary/aromatic N) is 1. The standard InChI is InChI=1S/C23H18Cl2N2O2S/c1-2-14-3-10-21-20(11-14)27-23(29-21)18-12-16(6-9-19(18)25)26-22(28)13-30-17-7-4-15(24)5-8-17/h3-12H,2,13H2,1H3,(H,26,28). The van der Waals surface area contributed by atoms with Crippen LogP contribution in [0.5, 0.6) is 0 Å². The Morgan fingerprint density at radius 2 is 1.87 bits per heavy atom. The predicted molar refractivity (Wildman–Crippen MR) is 125 cm³/mol. The third-order valence-corrected chi connectivity index (χ3v) is 6.12. The molecule has 0 unspecified atom stereocenters. The van der Waals surface area contributed by atoms with Gasteiger partial charge in [-0.3, -0.25) is 4.79 Å². The molecule has 0 saturated heterocycles. The molecule has 1 N–H and O–H groups in total. The number of carbonyl (C=O) groups excluding carboxylic acids is 1. The molecule has 1 aromatic heterocycles. The SMILES string of the molecule is CCc1ccc2oc(-c3cc(NC(=O)CSc4ccc(Cl)cc4)ccc3Cl)nc2c1. The van der Waals surface area contributed by atoms with Crippen LogP contribution in [0.2, 0.25) is 10.0 Å². The highest BCUT2D eigenvalue weighted by molar-refractivity contribution is 8.00. The fourth-order valence-corrected chi connectivity index (χ4v) is 3.97. The molecule has 0 atom stereocenters. The molecule has 7 heteroatoms. The average molecular weight is 457 g/mol. The lowest BCUT2D eigenvalue weighted by molar-refractivity contribution is -0.113. The van der Waals surface area contributed by atoms with E-state index < -0.39 is 0 Å². The van der Waals surface area contributed by atoms with Crippen molar-refractivity contribution < 1.29 is 9.21 Å². The van der Waals surface area contributed by atoms with E-state index in [1.54, 1.807) is 30.3 Å². The minimum absolute atomic E-state index is 0.117. The highest BCUT2D eigenvalue weighted by Crippen LogP contribution is 2.32. The van der Waals surface area contributed by atoms with Crippen LogP contribution >= 0.6 is 35.0 Å². The maximum Gasteiger partial charge on any atom is 0.234 e. The Balaban J connectivity index is 1.50. The molecule has 3 aromatic carbocycles. The topological polar surface area (TPSA) is 55.1 Å². The van der Waals surface area contributed by atoms with Crippen molar-refractivity contribution in [1.29, 1.82) is 0 Å². The molecule has 0 spiro atoms. The van der Waals surface area contributed by atoms with Crippen LogP contribution in [0.4, 0.5) is 5.69 Å². The van der Waals surface area contributed by atoms with E-state index in [-0.39, 0.29) is 11.7 Å². The molecule has 1 heterocycles. The average Bonchev–Trinajstić information content (AvgIpc) is 3.17. The first-order valence-electron chi connectivity index (χ1n) is 9.39. The number of amides is 1. The summed E-state index contributed by atoms with van der Waals surface area (Å²) < 4.78 is 5.89. The highest BCUT2D eigenvalue weighted by atomic mass is 35.5. The third kappa shape index (κ3) is 4.81. The molecule has 0 fully saturated rings. The Morgan fingerprint density at radius 3 is 2.63 bits per heavy atom. The molecule has 30 heavy (non-hydrogen) atoms. The molecule has 4 aromatic rings. The van der Waals surface area contributed by atoms with Crippen molar-refractivity contribution in [2.45, 2.75) is 18.2 Å². The van der Waals surface area contributed by atoms with Crippen molar-refractivity contribution in [3.8, 4) is 11.5 Å². The Hall–Kier alpha value is -2.47. The maximum atomic E-state index is 12.4. The molecule has 152 valence electrons. The first-order chi connectivity index (χ1) is 14.5. The number of aryl methyl sites for hydroxylation is 1. The third-order valence-electron chi connectivity index (χ3n) is 4.52. The number of fused-ring (bicyclic) bond motifs is 1. The van der Waals surface area contributed by atoms with Gasteiger partial charge in [0.15, 0.2) is 5.58 Å². The summed E-state index contributed by atoms with van der Waals surface area (Å²) in [5, 5.41) is 4.07. The van der Waals surface area contributed by atoms with E-state index >= 15 is 0 Å². The van der Waals surface area contributed by atoms with Gasteiger partial charge in [-0.2, -0.15) is 0 Å². The summed E-state index contributed by atoms with van der Waals surface area (Å²) in [6, 6.07) is 18.6. The van der Waals surface area contributed by atoms with Crippen LogP contribution in [0.25, 0.3) is 22.6 Å². The number of thioether (sulfide) groups is 1. The van der Waals surface area contributed by atoms with E-state index in [1.165, 1.54) is 17.3 Å². The minimum atomic E-state index is -0.117. The van der Waals surface area contributed by atoms with E-state index in [4.69, 9.17) is 27.6 Å². The Kier molecular flexibility index (Phi) is 6.32. The number of carbonyl (C=O) groups is 1. The van der Waals surface area contributed by atoms with Crippen molar-refractivity contribution in [1.82, 2.24) is 4.98 Å². The molecule has 0 bridgehead atoms. The normalized spacial score (nSPS) is 11.0. The monoisotopic (exact) mass is 456 g/mol. The quantitative estimate of drug-likeness (QED) is 0.314. The lowest BCUT2D eigenvalue weighted by Crippen LogP contribution is -2.14. The molecular weight excluding hydrogens is 439 g/mol. The minimum Gasteiger partial charge on any atom is -0.436 e. The molecule has 0 saturated carbocycles. The van der Waals surface area contributed by atoms with Crippen LogP contribution in [-0.4, -0.2) is 16.6 Å². The number of anilines is 1. The molecule has 0 aliphatic carbocycles. The number of nitrogens with one attached hydrogen (secondary N) is 1. The molecule has 0 aliphatic rings. The first kappa shape index (κ1) is 20.8. The van der Waals surface area contributed by atoms with Crippen LogP contribution in [0.15, 0.2) is 70.0 Å². The van der Waals surface area contributed by atoms with E-state index in [0.29, 0.717) is 32.8 Å². The smallest absolute Gasteiger partial charge is 0.234 e. The second kappa shape index (κ2) is 9.13. The number of aromatic nitrogens is 1. The van der Waals surface area contributed by atoms with Crippen LogP contribution in [0, 0.1) is 0 Å². The summed E-state index contributed by atoms with van der Waals surface area (Å²) in [6.07, 6.45) is 0.925. The zero-order valence-electron chi connectivity index (χ0n) is 16.1. The fourth-order valence-electron chi connectivity index (χ4n) is 2.95. The van der Waals surface area contributed by atoms with Gasteiger partial charge in [-0.1, -0.05) is 36.2 Å². The Labute approximate surface area is 188 Å². The van der Waals surface area contributed by atoms with Crippen LogP contribution in [0.1, 0.15) is 12.5 Å². The maximum absolute atomic E-state index is 12.4. The largest absolute Gasteiger partial charge is 0.436 e. The van der Waals surface area contributed by atoms with Crippen molar-refractivity contribution in [3.63, 3.8) is 0 Å². The van der Waals surface area contributed by atoms with Gasteiger partial charge in [-0.25, -0.2) is 4.98 Å². The van der Waals surface area contributed by atoms with Crippen LogP contribution < -0.4 is 5.32 Å². The summed E-state index contributed by atoms with van der Waals surface area (Å²) in [7, 11) is 0. The summed E-state index contributed by atoms with van der Waals surface area (Å²) >= 11 is 13.7. The Bertz CT molecular complexity index is 1210. The van der Waals surface area contributed by atoms with E-state index in [9.17, 15) is 4.79 Å². The molecule has 0 radical (unpaired) electrons. The fraction of sp³-hybridized carbons (Fsp3) is 0.130. The van der Waals surface area contributed by atoms with Gasteiger partial charge in [-0.15, -0.1) is 11.8 Å². The van der Waals surface area contributed by atoms with Crippen molar-refractivity contribution >= 4 is 57.7 Å². The molecule has 4 nitrogen and oxygen atoms in total. The van der Waals surface area contributed by atoms with Crippen molar-refractivity contribution in [2.75, 3.05) is 11.1 Å². The summed E-state index contributed by atoms with van der Waals surface area (Å²) in [6.45, 7) is 2.09. The number of benzene rings is 3. The van der Waals surface area contributed by atoms with E-state index in [1.807, 2.05) is 30.3 Å². The number of hydrogen-bond acceptors (Lipinski definition) is 4. The second-order valence-corrected chi connectivity index (χ2v) is 8.55. The first-order valence-corrected chi connectivity index (χ1v) is 11.1. The lowest BCUT2D eigenvalue weighted by Gasteiger charge is -2.08.